The van der Waals surface area contributed by atoms with E-state index in [1.165, 1.54) is 70.6 Å². The summed E-state index contributed by atoms with van der Waals surface area (Å²) in [6.07, 6.45) is 54.8. The third-order valence-electron chi connectivity index (χ3n) is 9.98. The number of rotatable bonds is 42. The Hall–Kier alpha value is -2.89. The van der Waals surface area contributed by atoms with Crippen LogP contribution in [0.25, 0.3) is 0 Å². The van der Waals surface area contributed by atoms with E-state index in [0.29, 0.717) is 19.3 Å². The first-order valence-corrected chi connectivity index (χ1v) is 23.8. The van der Waals surface area contributed by atoms with Crippen LogP contribution >= 0.6 is 0 Å². The van der Waals surface area contributed by atoms with Gasteiger partial charge in [0.1, 0.15) is 13.2 Å². The minimum Gasteiger partial charge on any atom is -0.462 e. The van der Waals surface area contributed by atoms with Crippen molar-refractivity contribution in [2.24, 2.45) is 0 Å². The fourth-order valence-electron chi connectivity index (χ4n) is 6.37. The van der Waals surface area contributed by atoms with Crippen molar-refractivity contribution in [3.63, 3.8) is 0 Å². The predicted octanol–water partition coefficient (Wildman–Crippen LogP) is 15.3. The van der Waals surface area contributed by atoms with Crippen LogP contribution < -0.4 is 0 Å². The van der Waals surface area contributed by atoms with Gasteiger partial charge in [0.2, 0.25) is 0 Å². The number of esters is 3. The van der Waals surface area contributed by atoms with Crippen molar-refractivity contribution in [1.82, 2.24) is 0 Å². The predicted molar refractivity (Wildman–Crippen MR) is 242 cm³/mol. The second-order valence-electron chi connectivity index (χ2n) is 15.6. The largest absolute Gasteiger partial charge is 0.462 e. The van der Waals surface area contributed by atoms with E-state index in [1.54, 1.807) is 0 Å². The van der Waals surface area contributed by atoms with E-state index in [2.05, 4.69) is 81.5 Å². The molecule has 0 aliphatic heterocycles. The first-order chi connectivity index (χ1) is 28.0. The second-order valence-corrected chi connectivity index (χ2v) is 15.6. The van der Waals surface area contributed by atoms with Gasteiger partial charge >= 0.3 is 17.9 Å². The third kappa shape index (κ3) is 44.1. The van der Waals surface area contributed by atoms with E-state index < -0.39 is 6.10 Å². The van der Waals surface area contributed by atoms with Crippen LogP contribution in [-0.4, -0.2) is 37.2 Å². The average Bonchev–Trinajstić information content (AvgIpc) is 3.21. The highest BCUT2D eigenvalue weighted by molar-refractivity contribution is 5.71. The van der Waals surface area contributed by atoms with Gasteiger partial charge in [0.05, 0.1) is 0 Å². The lowest BCUT2D eigenvalue weighted by molar-refractivity contribution is -0.167. The van der Waals surface area contributed by atoms with Crippen molar-refractivity contribution in [1.29, 1.82) is 0 Å². The normalized spacial score (nSPS) is 12.5. The highest BCUT2D eigenvalue weighted by Crippen LogP contribution is 2.13. The standard InChI is InChI=1S/C51H88O6/c1-4-7-10-13-16-19-22-24-25-27-29-32-35-38-41-44-50(53)56-47-48(46-55-49(52)43-40-37-34-31-28-21-18-15-12-9-6-3)57-51(54)45-42-39-36-33-30-26-23-20-17-14-11-8-5-2/h7,10,15-16,18-20,23-25,48H,4-6,8-9,11-14,17,21-22,26-47H2,1-3H3/b10-7-,18-15-,19-16-,23-20-,25-24-. The molecule has 0 bridgehead atoms. The van der Waals surface area contributed by atoms with Gasteiger partial charge in [-0.15, -0.1) is 0 Å². The minimum atomic E-state index is -0.786. The van der Waals surface area contributed by atoms with Crippen LogP contribution in [0.2, 0.25) is 0 Å². The molecule has 0 N–H and O–H groups in total. The van der Waals surface area contributed by atoms with Gasteiger partial charge in [-0.3, -0.25) is 14.4 Å². The van der Waals surface area contributed by atoms with Crippen LogP contribution in [0.15, 0.2) is 60.8 Å². The zero-order valence-corrected chi connectivity index (χ0v) is 37.3. The van der Waals surface area contributed by atoms with E-state index >= 15 is 0 Å². The van der Waals surface area contributed by atoms with Gasteiger partial charge < -0.3 is 14.2 Å². The molecule has 0 saturated heterocycles. The van der Waals surface area contributed by atoms with Gasteiger partial charge in [-0.1, -0.05) is 171 Å². The van der Waals surface area contributed by atoms with Crippen molar-refractivity contribution in [2.45, 2.75) is 232 Å². The lowest BCUT2D eigenvalue weighted by Crippen LogP contribution is -2.30. The number of allylic oxidation sites excluding steroid dienone is 10. The summed E-state index contributed by atoms with van der Waals surface area (Å²) >= 11 is 0. The molecule has 0 spiro atoms. The van der Waals surface area contributed by atoms with Gasteiger partial charge in [-0.2, -0.15) is 0 Å². The van der Waals surface area contributed by atoms with Crippen LogP contribution in [0.1, 0.15) is 226 Å². The molecule has 0 rings (SSSR count). The quantitative estimate of drug-likeness (QED) is 0.0265. The number of carbonyl (C=O) groups is 3. The van der Waals surface area contributed by atoms with E-state index in [4.69, 9.17) is 14.2 Å². The number of carbonyl (C=O) groups excluding carboxylic acids is 3. The van der Waals surface area contributed by atoms with Crippen LogP contribution in [0, 0.1) is 0 Å². The molecule has 0 aliphatic carbocycles. The van der Waals surface area contributed by atoms with Crippen LogP contribution in [0.3, 0.4) is 0 Å². The molecule has 57 heavy (non-hydrogen) atoms. The molecule has 1 unspecified atom stereocenters. The molecule has 0 aliphatic rings. The van der Waals surface area contributed by atoms with Crippen LogP contribution in [-0.2, 0) is 28.6 Å². The Morgan fingerprint density at radius 1 is 0.368 bits per heavy atom. The SMILES string of the molecule is CC/C=C\C/C=C\C/C=C\CCCCCCCC(=O)OCC(COC(=O)CCCCCCC/C=C\CCCC)OC(=O)CCCCCCC/C=C\CCCCCC. The van der Waals surface area contributed by atoms with Gasteiger partial charge in [-0.25, -0.2) is 0 Å². The molecule has 0 aromatic rings. The van der Waals surface area contributed by atoms with Crippen molar-refractivity contribution < 1.29 is 28.6 Å². The molecule has 0 saturated carbocycles. The van der Waals surface area contributed by atoms with E-state index in [0.717, 1.165) is 116 Å². The minimum absolute atomic E-state index is 0.0879. The molecule has 0 heterocycles. The lowest BCUT2D eigenvalue weighted by atomic mass is 10.1. The molecule has 0 aromatic carbocycles. The molecule has 6 heteroatoms. The second kappa shape index (κ2) is 45.8. The van der Waals surface area contributed by atoms with Crippen LogP contribution in [0.4, 0.5) is 0 Å². The summed E-state index contributed by atoms with van der Waals surface area (Å²) in [5, 5.41) is 0. The summed E-state index contributed by atoms with van der Waals surface area (Å²) in [4.78, 5) is 37.8. The first kappa shape index (κ1) is 54.1. The topological polar surface area (TPSA) is 78.9 Å². The van der Waals surface area contributed by atoms with E-state index in [-0.39, 0.29) is 31.1 Å². The number of ether oxygens (including phenoxy) is 3. The zero-order valence-electron chi connectivity index (χ0n) is 37.3. The summed E-state index contributed by atoms with van der Waals surface area (Å²) in [6, 6.07) is 0. The average molecular weight is 797 g/mol. The molecule has 1 atom stereocenters. The maximum absolute atomic E-state index is 12.7. The van der Waals surface area contributed by atoms with E-state index in [9.17, 15) is 14.4 Å². The summed E-state index contributed by atoms with van der Waals surface area (Å²) in [6.45, 7) is 6.43. The first-order valence-electron chi connectivity index (χ1n) is 23.8. The molecule has 6 nitrogen and oxygen atoms in total. The summed E-state index contributed by atoms with van der Waals surface area (Å²) in [5.74, 6) is -0.925. The molecular formula is C51H88O6. The van der Waals surface area contributed by atoms with Gasteiger partial charge in [0.15, 0.2) is 6.10 Å². The number of hydrogen-bond acceptors (Lipinski definition) is 6. The Balaban J connectivity index is 4.42. The number of hydrogen-bond donors (Lipinski definition) is 0. The fourth-order valence-corrected chi connectivity index (χ4v) is 6.37. The smallest absolute Gasteiger partial charge is 0.306 e. The van der Waals surface area contributed by atoms with Gasteiger partial charge in [-0.05, 0) is 96.3 Å². The van der Waals surface area contributed by atoms with Crippen molar-refractivity contribution in [2.75, 3.05) is 13.2 Å². The Morgan fingerprint density at radius 3 is 1.14 bits per heavy atom. The van der Waals surface area contributed by atoms with Crippen molar-refractivity contribution >= 4 is 17.9 Å². The molecule has 0 radical (unpaired) electrons. The van der Waals surface area contributed by atoms with Gasteiger partial charge in [0, 0.05) is 19.3 Å². The summed E-state index contributed by atoms with van der Waals surface area (Å²) in [7, 11) is 0. The Morgan fingerprint density at radius 2 is 0.702 bits per heavy atom. The molecule has 0 aromatic heterocycles. The fraction of sp³-hybridized carbons (Fsp3) is 0.745. The third-order valence-corrected chi connectivity index (χ3v) is 9.98. The van der Waals surface area contributed by atoms with E-state index in [1.807, 2.05) is 0 Å². The monoisotopic (exact) mass is 797 g/mol. The van der Waals surface area contributed by atoms with Crippen LogP contribution in [0.5, 0.6) is 0 Å². The van der Waals surface area contributed by atoms with Gasteiger partial charge in [0.25, 0.3) is 0 Å². The highest BCUT2D eigenvalue weighted by atomic mass is 16.6. The van der Waals surface area contributed by atoms with Crippen molar-refractivity contribution in [3.05, 3.63) is 60.8 Å². The highest BCUT2D eigenvalue weighted by Gasteiger charge is 2.19. The zero-order chi connectivity index (χ0) is 41.5. The Kier molecular flexibility index (Phi) is 43.5. The Bertz CT molecular complexity index is 1050. The lowest BCUT2D eigenvalue weighted by Gasteiger charge is -2.18. The maximum Gasteiger partial charge on any atom is 0.306 e. The molecule has 0 amide bonds. The summed E-state index contributed by atoms with van der Waals surface area (Å²) in [5.41, 5.74) is 0. The number of unbranched alkanes of at least 4 members (excludes halogenated alkanes) is 21. The Labute approximate surface area is 351 Å². The van der Waals surface area contributed by atoms with Crippen molar-refractivity contribution in [3.8, 4) is 0 Å². The maximum atomic E-state index is 12.7. The molecular weight excluding hydrogens is 709 g/mol. The molecule has 328 valence electrons. The molecule has 0 fully saturated rings. The summed E-state index contributed by atoms with van der Waals surface area (Å²) < 4.78 is 16.7.